The normalized spacial score (nSPS) is 11.0. The zero-order chi connectivity index (χ0) is 24.7. The van der Waals surface area contributed by atoms with Gasteiger partial charge in [-0.1, -0.05) is 48.5 Å². The Morgan fingerprint density at radius 2 is 1.09 bits per heavy atom. The minimum atomic E-state index is -1.19. The van der Waals surface area contributed by atoms with Crippen molar-refractivity contribution in [1.82, 2.24) is 4.57 Å². The summed E-state index contributed by atoms with van der Waals surface area (Å²) in [5.41, 5.74) is 0.0857. The van der Waals surface area contributed by atoms with Gasteiger partial charge >= 0.3 is 0 Å². The quantitative estimate of drug-likeness (QED) is 0.138. The van der Waals surface area contributed by atoms with Gasteiger partial charge in [-0.2, -0.15) is 0 Å². The summed E-state index contributed by atoms with van der Waals surface area (Å²) in [6.45, 7) is 0. The highest BCUT2D eigenvalue weighted by Crippen LogP contribution is 2.34. The van der Waals surface area contributed by atoms with Crippen molar-refractivity contribution >= 4 is 44.7 Å². The molecule has 0 amide bonds. The minimum Gasteiger partial charge on any atom is -0.309 e. The molecule has 0 N–H and O–H groups in total. The Kier molecular flexibility index (Phi) is 5.14. The number of fused-ring (bicyclic) bond motifs is 3. The van der Waals surface area contributed by atoms with Crippen LogP contribution in [0.15, 0.2) is 91.0 Å². The molecule has 0 spiro atoms. The standard InChI is InChI=1S/C26H15N3O6/c30-25(19-9-3-6-12-23(19)28(32)33)26(31)20-14-13-16(15-24(20)29(34)35)27-21-10-4-1-7-17(21)18-8-2-5-11-22(18)27/h1-15H. The number of Topliss-reactive ketones (excluding diaryl/α,β-unsaturated/α-hetero) is 2. The third kappa shape index (κ3) is 3.51. The second-order valence-corrected chi connectivity index (χ2v) is 7.76. The van der Waals surface area contributed by atoms with Crippen LogP contribution in [0.5, 0.6) is 0 Å². The molecule has 1 heterocycles. The molecule has 0 saturated heterocycles. The molecular formula is C26H15N3O6. The molecule has 0 saturated carbocycles. The van der Waals surface area contributed by atoms with Crippen molar-refractivity contribution in [2.24, 2.45) is 0 Å². The number of nitrogens with zero attached hydrogens (tertiary/aromatic N) is 3. The van der Waals surface area contributed by atoms with Gasteiger partial charge in [0.25, 0.3) is 11.4 Å². The summed E-state index contributed by atoms with van der Waals surface area (Å²) >= 11 is 0. The van der Waals surface area contributed by atoms with Crippen LogP contribution in [0.25, 0.3) is 27.5 Å². The number of ketones is 2. The molecule has 0 fully saturated rings. The van der Waals surface area contributed by atoms with Gasteiger partial charge < -0.3 is 4.57 Å². The number of hydrogen-bond donors (Lipinski definition) is 0. The Bertz CT molecular complexity index is 1650. The Labute approximate surface area is 197 Å². The fraction of sp³-hybridized carbons (Fsp3) is 0. The summed E-state index contributed by atoms with van der Waals surface area (Å²) in [5.74, 6) is -2.38. The van der Waals surface area contributed by atoms with Crippen molar-refractivity contribution in [1.29, 1.82) is 0 Å². The SMILES string of the molecule is O=C(C(=O)c1ccc(-n2c3ccccc3c3ccccc32)cc1[N+](=O)[O-])c1ccccc1[N+](=O)[O-]. The van der Waals surface area contributed by atoms with E-state index in [1.54, 1.807) is 0 Å². The van der Waals surface area contributed by atoms with E-state index >= 15 is 0 Å². The highest BCUT2D eigenvalue weighted by atomic mass is 16.6. The van der Waals surface area contributed by atoms with E-state index in [4.69, 9.17) is 0 Å². The summed E-state index contributed by atoms with van der Waals surface area (Å²) in [5, 5.41) is 25.1. The fourth-order valence-corrected chi connectivity index (χ4v) is 4.27. The third-order valence-corrected chi connectivity index (χ3v) is 5.81. The van der Waals surface area contributed by atoms with Gasteiger partial charge in [0.05, 0.1) is 26.6 Å². The van der Waals surface area contributed by atoms with Crippen molar-refractivity contribution in [3.63, 3.8) is 0 Å². The first-order valence-electron chi connectivity index (χ1n) is 10.5. The van der Waals surface area contributed by atoms with Crippen molar-refractivity contribution in [2.75, 3.05) is 0 Å². The summed E-state index contributed by atoms with van der Waals surface area (Å²) in [6, 6.07) is 24.2. The summed E-state index contributed by atoms with van der Waals surface area (Å²) in [4.78, 5) is 47.5. The predicted molar refractivity (Wildman–Crippen MR) is 129 cm³/mol. The van der Waals surface area contributed by atoms with Gasteiger partial charge in [0, 0.05) is 22.9 Å². The Balaban J connectivity index is 1.67. The van der Waals surface area contributed by atoms with Gasteiger partial charge in [-0.15, -0.1) is 0 Å². The molecular weight excluding hydrogens is 450 g/mol. The molecule has 1 aromatic heterocycles. The van der Waals surface area contributed by atoms with Gasteiger partial charge in [0.2, 0.25) is 11.6 Å². The minimum absolute atomic E-state index is 0.428. The molecule has 4 aromatic carbocycles. The van der Waals surface area contributed by atoms with E-state index in [-0.39, 0.29) is 0 Å². The molecule has 35 heavy (non-hydrogen) atoms. The Morgan fingerprint density at radius 3 is 1.66 bits per heavy atom. The largest absolute Gasteiger partial charge is 0.309 e. The van der Waals surface area contributed by atoms with Crippen LogP contribution in [0.4, 0.5) is 11.4 Å². The Hall–Kier alpha value is -5.18. The van der Waals surface area contributed by atoms with Crippen LogP contribution in [0, 0.1) is 20.2 Å². The van der Waals surface area contributed by atoms with Crippen LogP contribution in [0.3, 0.4) is 0 Å². The molecule has 170 valence electrons. The van der Waals surface area contributed by atoms with E-state index in [0.29, 0.717) is 5.69 Å². The van der Waals surface area contributed by atoms with Crippen LogP contribution >= 0.6 is 0 Å². The lowest BCUT2D eigenvalue weighted by Gasteiger charge is -2.09. The lowest BCUT2D eigenvalue weighted by Crippen LogP contribution is -2.17. The molecule has 0 unspecified atom stereocenters. The Morgan fingerprint density at radius 1 is 0.600 bits per heavy atom. The van der Waals surface area contributed by atoms with E-state index in [9.17, 15) is 29.8 Å². The van der Waals surface area contributed by atoms with Gasteiger partial charge in [-0.25, -0.2) is 0 Å². The lowest BCUT2D eigenvalue weighted by molar-refractivity contribution is -0.385. The highest BCUT2D eigenvalue weighted by molar-refractivity contribution is 6.50. The van der Waals surface area contributed by atoms with E-state index < -0.39 is 43.9 Å². The van der Waals surface area contributed by atoms with Crippen LogP contribution in [0.1, 0.15) is 20.7 Å². The van der Waals surface area contributed by atoms with Gasteiger partial charge in [-0.05, 0) is 30.3 Å². The number of hydrogen-bond acceptors (Lipinski definition) is 6. The van der Waals surface area contributed by atoms with Gasteiger partial charge in [0.1, 0.15) is 11.1 Å². The molecule has 9 nitrogen and oxygen atoms in total. The second-order valence-electron chi connectivity index (χ2n) is 7.76. The number of carbonyl (C=O) groups excluding carboxylic acids is 2. The van der Waals surface area contributed by atoms with Crippen LogP contribution < -0.4 is 0 Å². The number of benzene rings is 4. The molecule has 0 aliphatic rings. The fourth-order valence-electron chi connectivity index (χ4n) is 4.27. The first-order chi connectivity index (χ1) is 16.9. The molecule has 0 aliphatic heterocycles. The number of aromatic nitrogens is 1. The topological polar surface area (TPSA) is 125 Å². The highest BCUT2D eigenvalue weighted by Gasteiger charge is 2.31. The monoisotopic (exact) mass is 465 g/mol. The molecule has 0 bridgehead atoms. The van der Waals surface area contributed by atoms with Gasteiger partial charge in [-0.3, -0.25) is 29.8 Å². The van der Waals surface area contributed by atoms with E-state index in [1.165, 1.54) is 30.3 Å². The summed E-state index contributed by atoms with van der Waals surface area (Å²) in [7, 11) is 0. The molecule has 0 atom stereocenters. The van der Waals surface area contributed by atoms with Crippen molar-refractivity contribution in [2.45, 2.75) is 0 Å². The maximum absolute atomic E-state index is 13.0. The molecule has 0 aliphatic carbocycles. The average molecular weight is 465 g/mol. The maximum Gasteiger partial charge on any atom is 0.282 e. The van der Waals surface area contributed by atoms with E-state index in [2.05, 4.69) is 0 Å². The second kappa shape index (κ2) is 8.31. The molecule has 5 aromatic rings. The predicted octanol–water partition coefficient (Wildman–Crippen LogP) is 5.67. The zero-order valence-electron chi connectivity index (χ0n) is 18.0. The number of nitro groups is 2. The number of para-hydroxylation sites is 3. The third-order valence-electron chi connectivity index (χ3n) is 5.81. The van der Waals surface area contributed by atoms with Crippen molar-refractivity contribution in [3.05, 3.63) is 122 Å². The number of carbonyl (C=O) groups is 2. The zero-order valence-corrected chi connectivity index (χ0v) is 18.0. The van der Waals surface area contributed by atoms with Crippen LogP contribution in [-0.2, 0) is 0 Å². The van der Waals surface area contributed by atoms with E-state index in [0.717, 1.165) is 33.9 Å². The summed E-state index contributed by atoms with van der Waals surface area (Å²) in [6.07, 6.45) is 0. The first kappa shape index (κ1) is 21.7. The lowest BCUT2D eigenvalue weighted by atomic mass is 9.98. The smallest absolute Gasteiger partial charge is 0.282 e. The molecule has 0 radical (unpaired) electrons. The molecule has 5 rings (SSSR count). The van der Waals surface area contributed by atoms with E-state index in [1.807, 2.05) is 53.1 Å². The molecule has 9 heteroatoms. The van der Waals surface area contributed by atoms with Gasteiger partial charge in [0.15, 0.2) is 0 Å². The van der Waals surface area contributed by atoms with Crippen LogP contribution in [0.2, 0.25) is 0 Å². The number of rotatable bonds is 6. The average Bonchev–Trinajstić information content (AvgIpc) is 3.22. The number of nitro benzene ring substituents is 2. The van der Waals surface area contributed by atoms with Crippen molar-refractivity contribution < 1.29 is 19.4 Å². The summed E-state index contributed by atoms with van der Waals surface area (Å²) < 4.78 is 1.84. The van der Waals surface area contributed by atoms with Crippen LogP contribution in [-0.4, -0.2) is 26.0 Å². The van der Waals surface area contributed by atoms with Crippen molar-refractivity contribution in [3.8, 4) is 5.69 Å². The first-order valence-corrected chi connectivity index (χ1v) is 10.5. The maximum atomic E-state index is 13.0.